The molecule has 9 heteroatoms. The van der Waals surface area contributed by atoms with Gasteiger partial charge in [0.1, 0.15) is 11.4 Å². The van der Waals surface area contributed by atoms with Crippen molar-refractivity contribution in [3.63, 3.8) is 0 Å². The van der Waals surface area contributed by atoms with Crippen molar-refractivity contribution in [2.45, 2.75) is 51.7 Å². The zero-order valence-electron chi connectivity index (χ0n) is 18.6. The zero-order valence-corrected chi connectivity index (χ0v) is 18.6. The Morgan fingerprint density at radius 3 is 2.66 bits per heavy atom. The van der Waals surface area contributed by atoms with E-state index in [4.69, 9.17) is 10.5 Å². The lowest BCUT2D eigenvalue weighted by Crippen LogP contribution is -2.50. The third-order valence-electron chi connectivity index (χ3n) is 5.03. The molecule has 1 fully saturated rings. The number of aromatic nitrogens is 1. The number of hydrogen-bond acceptors (Lipinski definition) is 4. The summed E-state index contributed by atoms with van der Waals surface area (Å²) < 4.78 is 20.6. The van der Waals surface area contributed by atoms with Gasteiger partial charge in [-0.1, -0.05) is 6.07 Å². The van der Waals surface area contributed by atoms with Gasteiger partial charge < -0.3 is 25.3 Å². The van der Waals surface area contributed by atoms with Crippen LogP contribution in [0.5, 0.6) is 0 Å². The minimum absolute atomic E-state index is 0.125. The molecule has 1 aromatic carbocycles. The normalized spacial score (nSPS) is 16.5. The Balaban J connectivity index is 1.76. The molecule has 8 nitrogen and oxygen atoms in total. The Labute approximate surface area is 186 Å². The van der Waals surface area contributed by atoms with E-state index in [1.165, 1.54) is 12.1 Å². The molecule has 0 unspecified atom stereocenters. The number of nitrogens with two attached hydrogens (primary N) is 1. The van der Waals surface area contributed by atoms with Gasteiger partial charge in [-0.3, -0.25) is 9.59 Å². The van der Waals surface area contributed by atoms with Gasteiger partial charge in [0.15, 0.2) is 0 Å². The molecule has 172 valence electrons. The van der Waals surface area contributed by atoms with Gasteiger partial charge in [0.2, 0.25) is 5.91 Å². The maximum absolute atomic E-state index is 13.6. The van der Waals surface area contributed by atoms with Gasteiger partial charge in [0.05, 0.1) is 12.0 Å². The molecule has 1 aromatic heterocycles. The lowest BCUT2D eigenvalue weighted by Gasteiger charge is -2.34. The average molecular weight is 445 g/mol. The number of benzene rings is 1. The minimum atomic E-state index is -0.600. The van der Waals surface area contributed by atoms with Gasteiger partial charge >= 0.3 is 6.09 Å². The predicted octanol–water partition coefficient (Wildman–Crippen LogP) is 2.77. The first-order chi connectivity index (χ1) is 15.0. The molecule has 1 saturated heterocycles. The monoisotopic (exact) mass is 444 g/mol. The first kappa shape index (κ1) is 23.3. The fourth-order valence-corrected chi connectivity index (χ4v) is 3.67. The summed E-state index contributed by atoms with van der Waals surface area (Å²) in [6.45, 7) is 6.30. The molecule has 0 saturated carbocycles. The molecule has 1 atom stereocenters. The smallest absolute Gasteiger partial charge is 0.410 e. The summed E-state index contributed by atoms with van der Waals surface area (Å²) in [6, 6.07) is 5.65. The Bertz CT molecular complexity index is 1010. The third kappa shape index (κ3) is 6.09. The number of primary amides is 1. The molecule has 1 aliphatic rings. The van der Waals surface area contributed by atoms with Gasteiger partial charge in [-0.15, -0.1) is 0 Å². The number of rotatable bonds is 5. The highest BCUT2D eigenvalue weighted by Crippen LogP contribution is 2.20. The number of nitrogens with one attached hydrogen (secondary N) is 1. The van der Waals surface area contributed by atoms with E-state index in [-0.39, 0.29) is 23.9 Å². The Hall–Kier alpha value is -3.36. The van der Waals surface area contributed by atoms with Crippen LogP contribution in [0.15, 0.2) is 36.7 Å². The van der Waals surface area contributed by atoms with Gasteiger partial charge in [-0.2, -0.15) is 0 Å². The summed E-state index contributed by atoms with van der Waals surface area (Å²) in [4.78, 5) is 38.5. The molecule has 0 radical (unpaired) electrons. The third-order valence-corrected chi connectivity index (χ3v) is 5.03. The van der Waals surface area contributed by atoms with Gasteiger partial charge in [0, 0.05) is 37.2 Å². The number of carbonyl (C=O) groups is 3. The second kappa shape index (κ2) is 9.42. The van der Waals surface area contributed by atoms with E-state index in [9.17, 15) is 18.8 Å². The summed E-state index contributed by atoms with van der Waals surface area (Å²) in [5.74, 6) is -1.37. The number of nitrogens with zero attached hydrogens (tertiary/aromatic N) is 2. The Kier molecular flexibility index (Phi) is 6.86. The SMILES string of the molecule is CC(C)(C)OC(=O)N1CCC[C@H](NC(=O)c2cn(-c3cccc(F)c3)cc2CC(N)=O)C1. The molecule has 2 aromatic rings. The van der Waals surface area contributed by atoms with Gasteiger partial charge in [-0.25, -0.2) is 9.18 Å². The topological polar surface area (TPSA) is 107 Å². The van der Waals surface area contributed by atoms with E-state index in [2.05, 4.69) is 5.32 Å². The van der Waals surface area contributed by atoms with Crippen LogP contribution < -0.4 is 11.1 Å². The highest BCUT2D eigenvalue weighted by atomic mass is 19.1. The van der Waals surface area contributed by atoms with Crippen LogP contribution in [0.25, 0.3) is 5.69 Å². The zero-order chi connectivity index (χ0) is 23.5. The van der Waals surface area contributed by atoms with Crippen LogP contribution >= 0.6 is 0 Å². The number of piperidine rings is 1. The molecular weight excluding hydrogens is 415 g/mol. The maximum atomic E-state index is 13.6. The number of amides is 3. The van der Waals surface area contributed by atoms with E-state index < -0.39 is 23.4 Å². The Morgan fingerprint density at radius 1 is 1.25 bits per heavy atom. The number of hydrogen-bond donors (Lipinski definition) is 2. The highest BCUT2D eigenvalue weighted by Gasteiger charge is 2.29. The molecule has 0 spiro atoms. The average Bonchev–Trinajstić information content (AvgIpc) is 3.10. The predicted molar refractivity (Wildman–Crippen MR) is 117 cm³/mol. The molecule has 3 amide bonds. The summed E-state index contributed by atoms with van der Waals surface area (Å²) >= 11 is 0. The second-order valence-electron chi connectivity index (χ2n) is 8.97. The number of ether oxygens (including phenoxy) is 1. The summed E-state index contributed by atoms with van der Waals surface area (Å²) in [5, 5.41) is 2.94. The molecule has 0 aliphatic carbocycles. The molecule has 32 heavy (non-hydrogen) atoms. The van der Waals surface area contributed by atoms with Crippen molar-refractivity contribution in [1.29, 1.82) is 0 Å². The number of halogens is 1. The summed E-state index contributed by atoms with van der Waals surface area (Å²) in [6.07, 6.45) is 4.05. The van der Waals surface area contributed by atoms with Crippen LogP contribution in [0.1, 0.15) is 49.5 Å². The molecule has 3 rings (SSSR count). The van der Waals surface area contributed by atoms with Crippen LogP contribution in [0.4, 0.5) is 9.18 Å². The van der Waals surface area contributed by atoms with Crippen LogP contribution in [-0.4, -0.2) is 52.1 Å². The maximum Gasteiger partial charge on any atom is 0.410 e. The second-order valence-corrected chi connectivity index (χ2v) is 8.97. The first-order valence-electron chi connectivity index (χ1n) is 10.6. The van der Waals surface area contributed by atoms with Crippen molar-refractivity contribution in [1.82, 2.24) is 14.8 Å². The van der Waals surface area contributed by atoms with Crippen molar-refractivity contribution in [3.8, 4) is 5.69 Å². The van der Waals surface area contributed by atoms with E-state index in [1.807, 2.05) is 0 Å². The molecular formula is C23H29FN4O4. The van der Waals surface area contributed by atoms with Crippen molar-refractivity contribution in [3.05, 3.63) is 53.6 Å². The molecule has 2 heterocycles. The number of likely N-dealkylation sites (tertiary alicyclic amines) is 1. The van der Waals surface area contributed by atoms with Gasteiger partial charge in [0.25, 0.3) is 5.91 Å². The van der Waals surface area contributed by atoms with E-state index in [1.54, 1.807) is 54.8 Å². The largest absolute Gasteiger partial charge is 0.444 e. The van der Waals surface area contributed by atoms with Crippen LogP contribution in [-0.2, 0) is 16.0 Å². The van der Waals surface area contributed by atoms with Crippen molar-refractivity contribution in [2.75, 3.05) is 13.1 Å². The van der Waals surface area contributed by atoms with Crippen LogP contribution in [0.3, 0.4) is 0 Å². The first-order valence-corrected chi connectivity index (χ1v) is 10.6. The van der Waals surface area contributed by atoms with Gasteiger partial charge in [-0.05, 0) is 57.4 Å². The fraction of sp³-hybridized carbons (Fsp3) is 0.435. The van der Waals surface area contributed by atoms with E-state index in [0.29, 0.717) is 30.8 Å². The fourth-order valence-electron chi connectivity index (χ4n) is 3.67. The highest BCUT2D eigenvalue weighted by molar-refractivity contribution is 5.97. The lowest BCUT2D eigenvalue weighted by atomic mass is 10.0. The quantitative estimate of drug-likeness (QED) is 0.739. The molecule has 1 aliphatic heterocycles. The summed E-state index contributed by atoms with van der Waals surface area (Å²) in [5.41, 5.74) is 5.99. The summed E-state index contributed by atoms with van der Waals surface area (Å²) in [7, 11) is 0. The van der Waals surface area contributed by atoms with Crippen molar-refractivity contribution < 1.29 is 23.5 Å². The standard InChI is InChI=1S/C23H29FN4O4/c1-23(2,3)32-22(31)27-9-5-7-17(13-27)26-21(30)19-14-28(12-15(19)10-20(25)29)18-8-4-6-16(24)11-18/h4,6,8,11-12,14,17H,5,7,9-10,13H2,1-3H3,(H2,25,29)(H,26,30)/t17-/m0/s1. The lowest BCUT2D eigenvalue weighted by molar-refractivity contribution is -0.117. The number of carbonyl (C=O) groups excluding carboxylic acids is 3. The van der Waals surface area contributed by atoms with Crippen molar-refractivity contribution >= 4 is 17.9 Å². The van der Waals surface area contributed by atoms with E-state index >= 15 is 0 Å². The molecule has 3 N–H and O–H groups in total. The van der Waals surface area contributed by atoms with Crippen LogP contribution in [0, 0.1) is 5.82 Å². The minimum Gasteiger partial charge on any atom is -0.444 e. The molecule has 0 bridgehead atoms. The Morgan fingerprint density at radius 2 is 2.00 bits per heavy atom. The van der Waals surface area contributed by atoms with Crippen molar-refractivity contribution in [2.24, 2.45) is 5.73 Å². The van der Waals surface area contributed by atoms with E-state index in [0.717, 1.165) is 6.42 Å². The van der Waals surface area contributed by atoms with Crippen LogP contribution in [0.2, 0.25) is 0 Å².